The molecule has 0 radical (unpaired) electrons. The van der Waals surface area contributed by atoms with E-state index < -0.39 is 17.7 Å². The lowest BCUT2D eigenvalue weighted by atomic mass is 9.63. The van der Waals surface area contributed by atoms with Crippen LogP contribution in [0.5, 0.6) is 11.5 Å². The lowest BCUT2D eigenvalue weighted by molar-refractivity contribution is -0.124. The Morgan fingerprint density at radius 1 is 1.06 bits per heavy atom. The van der Waals surface area contributed by atoms with Crippen molar-refractivity contribution in [2.75, 3.05) is 18.6 Å². The predicted molar refractivity (Wildman–Crippen MR) is 121 cm³/mol. The number of hydrogen-bond acceptors (Lipinski definition) is 5. The van der Waals surface area contributed by atoms with Crippen molar-refractivity contribution < 1.29 is 28.2 Å². The monoisotopic (exact) mass is 481 g/mol. The molecule has 6 nitrogen and oxygen atoms in total. The van der Waals surface area contributed by atoms with Gasteiger partial charge < -0.3 is 9.47 Å². The van der Waals surface area contributed by atoms with Crippen molar-refractivity contribution in [3.05, 3.63) is 65.0 Å². The number of halogens is 2. The summed E-state index contributed by atoms with van der Waals surface area (Å²) in [7, 11) is 1.48. The molecule has 174 valence electrons. The summed E-state index contributed by atoms with van der Waals surface area (Å²) >= 11 is 6.06. The predicted octanol–water partition coefficient (Wildman–Crippen LogP) is 4.31. The standard InChI is InChI=1S/C26H21ClFNO5/c1-33-22-7-2-12(8-18(22)27)21(30)11-34-13-3-6-20(19(28)9-13)29-25(31)23-14-4-5-15(17-10-16(14)17)24(23)26(29)32/h2-9,14-17,23-24H,10-11H2,1H3/t14-,15+,16+,17-,23-,24+. The number of ketones is 1. The Bertz CT molecular complexity index is 1240. The maximum Gasteiger partial charge on any atom is 0.238 e. The second kappa shape index (κ2) is 7.67. The fraction of sp³-hybridized carbons (Fsp3) is 0.346. The summed E-state index contributed by atoms with van der Waals surface area (Å²) < 4.78 is 25.6. The van der Waals surface area contributed by atoms with E-state index in [1.165, 1.54) is 25.3 Å². The Morgan fingerprint density at radius 2 is 1.74 bits per heavy atom. The first-order chi connectivity index (χ1) is 16.4. The lowest BCUT2D eigenvalue weighted by Crippen LogP contribution is -2.40. The molecule has 2 amide bonds. The number of imide groups is 1. The number of anilines is 1. The van der Waals surface area contributed by atoms with Crippen molar-refractivity contribution in [3.8, 4) is 11.5 Å². The highest BCUT2D eigenvalue weighted by atomic mass is 35.5. The van der Waals surface area contributed by atoms with Crippen LogP contribution in [0, 0.1) is 41.3 Å². The molecule has 0 unspecified atom stereocenters. The van der Waals surface area contributed by atoms with E-state index in [-0.39, 0.29) is 47.5 Å². The van der Waals surface area contributed by atoms with Gasteiger partial charge in [-0.15, -0.1) is 0 Å². The number of allylic oxidation sites excluding steroid dienone is 2. The summed E-state index contributed by atoms with van der Waals surface area (Å²) in [6.45, 7) is -0.328. The van der Waals surface area contributed by atoms with Crippen LogP contribution in [-0.2, 0) is 9.59 Å². The molecular weight excluding hydrogens is 461 g/mol. The first-order valence-electron chi connectivity index (χ1n) is 11.2. The van der Waals surface area contributed by atoms with Crippen LogP contribution < -0.4 is 14.4 Å². The topological polar surface area (TPSA) is 72.9 Å². The smallest absolute Gasteiger partial charge is 0.238 e. The molecule has 7 rings (SSSR count). The maximum absolute atomic E-state index is 15.0. The van der Waals surface area contributed by atoms with Crippen molar-refractivity contribution in [2.24, 2.45) is 35.5 Å². The molecule has 34 heavy (non-hydrogen) atoms. The van der Waals surface area contributed by atoms with Crippen LogP contribution in [0.25, 0.3) is 0 Å². The average Bonchev–Trinajstić information content (AvgIpc) is 3.61. The van der Waals surface area contributed by atoms with E-state index in [2.05, 4.69) is 12.2 Å². The number of hydrogen-bond donors (Lipinski definition) is 0. The molecule has 4 aliphatic carbocycles. The lowest BCUT2D eigenvalue weighted by Gasteiger charge is -2.37. The van der Waals surface area contributed by atoms with Gasteiger partial charge in [0.05, 0.1) is 29.7 Å². The molecule has 2 aromatic carbocycles. The number of rotatable bonds is 6. The number of amides is 2. The zero-order valence-electron chi connectivity index (χ0n) is 18.2. The highest BCUT2D eigenvalue weighted by Crippen LogP contribution is 2.65. The van der Waals surface area contributed by atoms with E-state index in [0.717, 1.165) is 17.4 Å². The molecule has 6 atom stereocenters. The molecule has 8 heteroatoms. The van der Waals surface area contributed by atoms with Gasteiger partial charge in [0, 0.05) is 11.6 Å². The first kappa shape index (κ1) is 21.4. The number of nitrogens with zero attached hydrogens (tertiary/aromatic N) is 1. The van der Waals surface area contributed by atoms with E-state index in [0.29, 0.717) is 28.2 Å². The van der Waals surface area contributed by atoms with Gasteiger partial charge in [-0.3, -0.25) is 14.4 Å². The van der Waals surface area contributed by atoms with E-state index in [1.54, 1.807) is 12.1 Å². The summed E-state index contributed by atoms with van der Waals surface area (Å²) in [6.07, 6.45) is 5.22. The molecule has 5 aliphatic rings. The molecule has 1 aliphatic heterocycles. The highest BCUT2D eigenvalue weighted by Gasteiger charge is 2.67. The van der Waals surface area contributed by atoms with Gasteiger partial charge in [0.15, 0.2) is 18.2 Å². The molecule has 1 saturated heterocycles. The third kappa shape index (κ3) is 3.10. The van der Waals surface area contributed by atoms with Crippen LogP contribution in [0.4, 0.5) is 10.1 Å². The molecule has 0 spiro atoms. The highest BCUT2D eigenvalue weighted by molar-refractivity contribution is 6.32. The van der Waals surface area contributed by atoms with Gasteiger partial charge in [0.25, 0.3) is 0 Å². The van der Waals surface area contributed by atoms with Crippen LogP contribution in [0.2, 0.25) is 5.02 Å². The van der Waals surface area contributed by atoms with E-state index >= 15 is 4.39 Å². The Kier molecular flexibility index (Phi) is 4.81. The molecule has 3 fully saturated rings. The van der Waals surface area contributed by atoms with Gasteiger partial charge in [-0.05, 0) is 60.4 Å². The van der Waals surface area contributed by atoms with Crippen molar-refractivity contribution in [1.29, 1.82) is 0 Å². The van der Waals surface area contributed by atoms with Gasteiger partial charge in [0.2, 0.25) is 11.8 Å². The number of benzene rings is 2. The van der Waals surface area contributed by atoms with Crippen molar-refractivity contribution in [3.63, 3.8) is 0 Å². The SMILES string of the molecule is COc1ccc(C(=O)COc2ccc(N3C(=O)[C@@H]4[C@@H]5C=C[C@@H]([C@H]6C[C@@H]56)[C@@H]4C3=O)c(F)c2)cc1Cl. The van der Waals surface area contributed by atoms with Gasteiger partial charge in [-0.25, -0.2) is 9.29 Å². The minimum absolute atomic E-state index is 0.0712. The van der Waals surface area contributed by atoms with Crippen molar-refractivity contribution in [1.82, 2.24) is 0 Å². The zero-order chi connectivity index (χ0) is 23.7. The Balaban J connectivity index is 1.17. The van der Waals surface area contributed by atoms with Crippen LogP contribution in [-0.4, -0.2) is 31.3 Å². The van der Waals surface area contributed by atoms with Crippen LogP contribution in [0.15, 0.2) is 48.6 Å². The van der Waals surface area contributed by atoms with Gasteiger partial charge in [0.1, 0.15) is 11.5 Å². The second-order valence-electron chi connectivity index (χ2n) is 9.34. The third-order valence-electron chi connectivity index (χ3n) is 7.67. The van der Waals surface area contributed by atoms with Crippen LogP contribution in [0.1, 0.15) is 16.8 Å². The van der Waals surface area contributed by atoms with Crippen LogP contribution >= 0.6 is 11.6 Å². The molecule has 0 aromatic heterocycles. The Morgan fingerprint density at radius 3 is 2.32 bits per heavy atom. The molecule has 1 heterocycles. The van der Waals surface area contributed by atoms with Gasteiger partial charge in [-0.1, -0.05) is 23.8 Å². The van der Waals surface area contributed by atoms with Crippen molar-refractivity contribution in [2.45, 2.75) is 6.42 Å². The number of carbonyl (C=O) groups is 3. The van der Waals surface area contributed by atoms with Crippen molar-refractivity contribution >= 4 is 34.9 Å². The van der Waals surface area contributed by atoms with Gasteiger partial charge in [-0.2, -0.15) is 0 Å². The molecular formula is C26H21ClFNO5. The van der Waals surface area contributed by atoms with Gasteiger partial charge >= 0.3 is 0 Å². The summed E-state index contributed by atoms with van der Waals surface area (Å²) in [5.41, 5.74) is 0.262. The normalized spacial score (nSPS) is 30.3. The second-order valence-corrected chi connectivity index (χ2v) is 9.75. The number of Topliss-reactive ketones (excluding diaryl/α,β-unsaturated/α-hetero) is 1. The quantitative estimate of drug-likeness (QED) is 0.349. The minimum Gasteiger partial charge on any atom is -0.495 e. The average molecular weight is 482 g/mol. The number of methoxy groups -OCH3 is 1. The zero-order valence-corrected chi connectivity index (χ0v) is 19.0. The van der Waals surface area contributed by atoms with E-state index in [9.17, 15) is 14.4 Å². The summed E-state index contributed by atoms with van der Waals surface area (Å²) in [5, 5.41) is 0.296. The molecule has 2 aromatic rings. The molecule has 0 N–H and O–H groups in total. The Hall–Kier alpha value is -3.19. The minimum atomic E-state index is -0.747. The summed E-state index contributed by atoms with van der Waals surface area (Å²) in [5.74, 6) is -0.846. The maximum atomic E-state index is 15.0. The van der Waals surface area contributed by atoms with Crippen LogP contribution in [0.3, 0.4) is 0 Å². The summed E-state index contributed by atoms with van der Waals surface area (Å²) in [4.78, 5) is 39.8. The summed E-state index contributed by atoms with van der Waals surface area (Å²) in [6, 6.07) is 8.54. The number of carbonyl (C=O) groups excluding carboxylic acids is 3. The Labute approximate surface area is 200 Å². The third-order valence-corrected chi connectivity index (χ3v) is 7.96. The first-order valence-corrected chi connectivity index (χ1v) is 11.6. The molecule has 2 bridgehead atoms. The van der Waals surface area contributed by atoms with E-state index in [1.807, 2.05) is 0 Å². The number of ether oxygens (including phenoxy) is 2. The van der Waals surface area contributed by atoms with E-state index in [4.69, 9.17) is 21.1 Å². The fourth-order valence-corrected chi connectivity index (χ4v) is 6.28. The largest absolute Gasteiger partial charge is 0.495 e. The molecule has 2 saturated carbocycles. The fourth-order valence-electron chi connectivity index (χ4n) is 6.03.